The number of methoxy groups -OCH3 is 1. The molecule has 12 heavy (non-hydrogen) atoms. The lowest BCUT2D eigenvalue weighted by Gasteiger charge is -2.15. The van der Waals surface area contributed by atoms with Crippen molar-refractivity contribution in [2.75, 3.05) is 7.11 Å². The largest absolute Gasteiger partial charge is 0.468 e. The standard InChI is InChI=1S/C8H17NO3/c1-3-4-5-6(10)7(9)8(11)12-2/h6-7,10H,3-5,9H2,1-2H3/t6-,7+/m0/s1. The number of esters is 1. The number of nitrogens with two attached hydrogens (primary N) is 1. The number of rotatable bonds is 5. The molecule has 0 aliphatic heterocycles. The van der Waals surface area contributed by atoms with Crippen molar-refractivity contribution >= 4 is 5.97 Å². The zero-order chi connectivity index (χ0) is 9.56. The van der Waals surface area contributed by atoms with Crippen molar-refractivity contribution in [3.63, 3.8) is 0 Å². The van der Waals surface area contributed by atoms with Crippen LogP contribution in [0.15, 0.2) is 0 Å². The summed E-state index contributed by atoms with van der Waals surface area (Å²) in [5.41, 5.74) is 5.39. The van der Waals surface area contributed by atoms with Gasteiger partial charge in [-0.2, -0.15) is 0 Å². The molecule has 0 unspecified atom stereocenters. The zero-order valence-electron chi connectivity index (χ0n) is 7.62. The third-order valence-corrected chi connectivity index (χ3v) is 1.74. The van der Waals surface area contributed by atoms with E-state index in [9.17, 15) is 9.90 Å². The summed E-state index contributed by atoms with van der Waals surface area (Å²) in [4.78, 5) is 10.8. The number of ether oxygens (including phenoxy) is 1. The smallest absolute Gasteiger partial charge is 0.325 e. The summed E-state index contributed by atoms with van der Waals surface area (Å²) in [6, 6.07) is -0.901. The first-order valence-electron chi connectivity index (χ1n) is 4.15. The molecule has 0 aliphatic rings. The fraction of sp³-hybridized carbons (Fsp3) is 0.875. The monoisotopic (exact) mass is 175 g/mol. The van der Waals surface area contributed by atoms with Gasteiger partial charge in [-0.3, -0.25) is 4.79 Å². The predicted octanol–water partition coefficient (Wildman–Crippen LogP) is 0.0378. The number of carbonyl (C=O) groups excluding carboxylic acids is 1. The lowest BCUT2D eigenvalue weighted by atomic mass is 10.1. The first-order chi connectivity index (χ1) is 5.63. The topological polar surface area (TPSA) is 72.5 Å². The van der Waals surface area contributed by atoms with Gasteiger partial charge in [0.25, 0.3) is 0 Å². The maximum atomic E-state index is 10.8. The van der Waals surface area contributed by atoms with Crippen LogP contribution in [-0.4, -0.2) is 30.3 Å². The van der Waals surface area contributed by atoms with Crippen LogP contribution in [0.5, 0.6) is 0 Å². The Kier molecular flexibility index (Phi) is 5.66. The molecule has 0 aromatic heterocycles. The van der Waals surface area contributed by atoms with Gasteiger partial charge < -0.3 is 15.6 Å². The minimum atomic E-state index is -0.901. The van der Waals surface area contributed by atoms with Crippen LogP contribution >= 0.6 is 0 Å². The molecule has 4 nitrogen and oxygen atoms in total. The van der Waals surface area contributed by atoms with Crippen molar-refractivity contribution in [2.45, 2.75) is 38.3 Å². The summed E-state index contributed by atoms with van der Waals surface area (Å²) in [7, 11) is 1.26. The average molecular weight is 175 g/mol. The van der Waals surface area contributed by atoms with E-state index < -0.39 is 18.1 Å². The second-order valence-electron chi connectivity index (χ2n) is 2.76. The van der Waals surface area contributed by atoms with Gasteiger partial charge in [-0.15, -0.1) is 0 Å². The molecule has 3 N–H and O–H groups in total. The minimum absolute atomic E-state index is 0.548. The van der Waals surface area contributed by atoms with E-state index in [1.807, 2.05) is 6.92 Å². The van der Waals surface area contributed by atoms with Crippen LogP contribution in [0.25, 0.3) is 0 Å². The Balaban J connectivity index is 3.75. The molecule has 0 aromatic rings. The van der Waals surface area contributed by atoms with Crippen LogP contribution in [0.3, 0.4) is 0 Å². The molecule has 0 saturated heterocycles. The quantitative estimate of drug-likeness (QED) is 0.578. The predicted molar refractivity (Wildman–Crippen MR) is 45.5 cm³/mol. The van der Waals surface area contributed by atoms with Gasteiger partial charge in [0, 0.05) is 0 Å². The normalized spacial score (nSPS) is 15.3. The Hall–Kier alpha value is -0.610. The Bertz CT molecular complexity index is 138. The van der Waals surface area contributed by atoms with Gasteiger partial charge in [-0.1, -0.05) is 19.8 Å². The van der Waals surface area contributed by atoms with E-state index in [-0.39, 0.29) is 0 Å². The number of aliphatic hydroxyl groups excluding tert-OH is 1. The summed E-state index contributed by atoms with van der Waals surface area (Å²) < 4.78 is 4.39. The van der Waals surface area contributed by atoms with Crippen LogP contribution in [0.2, 0.25) is 0 Å². The van der Waals surface area contributed by atoms with E-state index in [0.29, 0.717) is 6.42 Å². The van der Waals surface area contributed by atoms with E-state index in [4.69, 9.17) is 5.73 Å². The first-order valence-corrected chi connectivity index (χ1v) is 4.15. The second kappa shape index (κ2) is 5.97. The molecule has 0 fully saturated rings. The molecule has 4 heteroatoms. The third kappa shape index (κ3) is 3.69. The van der Waals surface area contributed by atoms with Crippen molar-refractivity contribution < 1.29 is 14.6 Å². The van der Waals surface area contributed by atoms with E-state index >= 15 is 0 Å². The molecular formula is C8H17NO3. The average Bonchev–Trinajstić information content (AvgIpc) is 2.11. The summed E-state index contributed by atoms with van der Waals surface area (Å²) >= 11 is 0. The van der Waals surface area contributed by atoms with Gasteiger partial charge in [0.2, 0.25) is 0 Å². The van der Waals surface area contributed by atoms with E-state index in [2.05, 4.69) is 4.74 Å². The highest BCUT2D eigenvalue weighted by Crippen LogP contribution is 2.04. The van der Waals surface area contributed by atoms with Crippen molar-refractivity contribution in [2.24, 2.45) is 5.73 Å². The van der Waals surface area contributed by atoms with E-state index in [1.54, 1.807) is 0 Å². The van der Waals surface area contributed by atoms with Crippen LogP contribution in [0, 0.1) is 0 Å². The van der Waals surface area contributed by atoms with Crippen molar-refractivity contribution in [1.29, 1.82) is 0 Å². The first kappa shape index (κ1) is 11.4. The molecule has 0 saturated carbocycles. The summed E-state index contributed by atoms with van der Waals surface area (Å²) in [5, 5.41) is 9.32. The summed E-state index contributed by atoms with van der Waals surface area (Å²) in [5.74, 6) is -0.557. The van der Waals surface area contributed by atoms with Gasteiger partial charge in [0.05, 0.1) is 13.2 Å². The molecule has 0 amide bonds. The molecule has 0 spiro atoms. The van der Waals surface area contributed by atoms with Crippen LogP contribution in [0.1, 0.15) is 26.2 Å². The Morgan fingerprint density at radius 1 is 1.67 bits per heavy atom. The highest BCUT2D eigenvalue weighted by Gasteiger charge is 2.22. The summed E-state index contributed by atoms with van der Waals surface area (Å²) in [6.07, 6.45) is 1.61. The maximum absolute atomic E-state index is 10.8. The molecule has 0 aromatic carbocycles. The number of hydrogen-bond donors (Lipinski definition) is 2. The second-order valence-corrected chi connectivity index (χ2v) is 2.76. The number of carbonyl (C=O) groups is 1. The molecule has 0 radical (unpaired) electrons. The fourth-order valence-corrected chi connectivity index (χ4v) is 0.886. The molecule has 0 aliphatic carbocycles. The van der Waals surface area contributed by atoms with Gasteiger partial charge in [-0.25, -0.2) is 0 Å². The van der Waals surface area contributed by atoms with Gasteiger partial charge in [0.15, 0.2) is 0 Å². The molecular weight excluding hydrogens is 158 g/mol. The molecule has 72 valence electrons. The van der Waals surface area contributed by atoms with Gasteiger partial charge in [0.1, 0.15) is 6.04 Å². The Morgan fingerprint density at radius 2 is 2.25 bits per heavy atom. The van der Waals surface area contributed by atoms with Crippen LogP contribution < -0.4 is 5.73 Å². The lowest BCUT2D eigenvalue weighted by molar-refractivity contribution is -0.145. The van der Waals surface area contributed by atoms with E-state index in [1.165, 1.54) is 7.11 Å². The van der Waals surface area contributed by atoms with E-state index in [0.717, 1.165) is 12.8 Å². The van der Waals surface area contributed by atoms with Gasteiger partial charge in [-0.05, 0) is 6.42 Å². The molecule has 0 rings (SSSR count). The van der Waals surface area contributed by atoms with Crippen molar-refractivity contribution in [3.05, 3.63) is 0 Å². The zero-order valence-corrected chi connectivity index (χ0v) is 7.62. The van der Waals surface area contributed by atoms with Crippen molar-refractivity contribution in [1.82, 2.24) is 0 Å². The van der Waals surface area contributed by atoms with Crippen molar-refractivity contribution in [3.8, 4) is 0 Å². The minimum Gasteiger partial charge on any atom is -0.468 e. The van der Waals surface area contributed by atoms with Gasteiger partial charge >= 0.3 is 5.97 Å². The molecule has 0 heterocycles. The third-order valence-electron chi connectivity index (χ3n) is 1.74. The highest BCUT2D eigenvalue weighted by molar-refractivity contribution is 5.75. The summed E-state index contributed by atoms with van der Waals surface area (Å²) in [6.45, 7) is 2.01. The Labute approximate surface area is 72.7 Å². The molecule has 2 atom stereocenters. The molecule has 0 bridgehead atoms. The lowest BCUT2D eigenvalue weighted by Crippen LogP contribution is -2.42. The maximum Gasteiger partial charge on any atom is 0.325 e. The number of unbranched alkanes of at least 4 members (excludes halogenated alkanes) is 1. The number of aliphatic hydroxyl groups is 1. The van der Waals surface area contributed by atoms with Crippen LogP contribution in [-0.2, 0) is 9.53 Å². The highest BCUT2D eigenvalue weighted by atomic mass is 16.5. The fourth-order valence-electron chi connectivity index (χ4n) is 0.886. The van der Waals surface area contributed by atoms with Crippen LogP contribution in [0.4, 0.5) is 0 Å². The SMILES string of the molecule is CCCC[C@H](O)[C@@H](N)C(=O)OC. The Morgan fingerprint density at radius 3 is 2.67 bits per heavy atom. The number of hydrogen-bond acceptors (Lipinski definition) is 4.